The molecule has 0 amide bonds. The second-order valence-corrected chi connectivity index (χ2v) is 7.26. The van der Waals surface area contributed by atoms with Gasteiger partial charge in [0.1, 0.15) is 0 Å². The van der Waals surface area contributed by atoms with Crippen molar-refractivity contribution in [1.29, 1.82) is 0 Å². The summed E-state index contributed by atoms with van der Waals surface area (Å²) < 4.78 is 12.0. The first-order valence-electron chi connectivity index (χ1n) is 8.68. The molecule has 2 fully saturated rings. The highest BCUT2D eigenvalue weighted by molar-refractivity contribution is 4.98. The minimum Gasteiger partial charge on any atom is -0.347 e. The number of hydrogen-bond donors (Lipinski definition) is 1. The lowest BCUT2D eigenvalue weighted by atomic mass is 9.82. The van der Waals surface area contributed by atoms with Gasteiger partial charge in [-0.1, -0.05) is 13.8 Å². The Bertz CT molecular complexity index is 327. The molecular weight excluding hydrogens is 264 g/mol. The number of hydrogen-bond acceptors (Lipinski definition) is 4. The van der Waals surface area contributed by atoms with Gasteiger partial charge in [0.2, 0.25) is 0 Å². The third-order valence-corrected chi connectivity index (χ3v) is 5.61. The molecule has 0 radical (unpaired) electrons. The lowest BCUT2D eigenvalue weighted by Gasteiger charge is -2.50. The van der Waals surface area contributed by atoms with Gasteiger partial charge in [0.05, 0.1) is 13.2 Å². The average Bonchev–Trinajstić information content (AvgIpc) is 2.93. The Morgan fingerprint density at radius 3 is 2.48 bits per heavy atom. The Balaban J connectivity index is 2.12. The lowest BCUT2D eigenvalue weighted by Crippen LogP contribution is -2.61. The minimum atomic E-state index is -0.312. The highest BCUT2D eigenvalue weighted by atomic mass is 16.7. The van der Waals surface area contributed by atoms with Gasteiger partial charge in [0.15, 0.2) is 5.79 Å². The third kappa shape index (κ3) is 3.79. The zero-order chi connectivity index (χ0) is 15.5. The maximum Gasteiger partial charge on any atom is 0.170 e. The van der Waals surface area contributed by atoms with Gasteiger partial charge in [0, 0.05) is 30.5 Å². The van der Waals surface area contributed by atoms with Gasteiger partial charge in [0.25, 0.3) is 0 Å². The first-order chi connectivity index (χ1) is 9.94. The van der Waals surface area contributed by atoms with Gasteiger partial charge in [-0.3, -0.25) is 4.90 Å². The van der Waals surface area contributed by atoms with Gasteiger partial charge in [-0.25, -0.2) is 0 Å². The van der Waals surface area contributed by atoms with Crippen molar-refractivity contribution in [2.45, 2.75) is 83.2 Å². The van der Waals surface area contributed by atoms with Crippen LogP contribution in [0.3, 0.4) is 0 Å². The van der Waals surface area contributed by atoms with Crippen LogP contribution in [-0.4, -0.2) is 55.1 Å². The van der Waals surface area contributed by atoms with Crippen molar-refractivity contribution in [2.75, 3.05) is 26.8 Å². The molecule has 1 aliphatic heterocycles. The van der Waals surface area contributed by atoms with Crippen molar-refractivity contribution in [2.24, 2.45) is 0 Å². The SMILES string of the molecule is CCCNC1CCC2(CC1N(C)C(C)(C)CC)OCCO2. The van der Waals surface area contributed by atoms with Gasteiger partial charge in [-0.2, -0.15) is 0 Å². The van der Waals surface area contributed by atoms with Crippen LogP contribution in [-0.2, 0) is 9.47 Å². The van der Waals surface area contributed by atoms with Crippen LogP contribution in [0, 0.1) is 0 Å². The molecule has 1 saturated heterocycles. The first kappa shape index (κ1) is 17.2. The summed E-state index contributed by atoms with van der Waals surface area (Å²) >= 11 is 0. The van der Waals surface area contributed by atoms with E-state index < -0.39 is 0 Å². The fraction of sp³-hybridized carbons (Fsp3) is 1.00. The van der Waals surface area contributed by atoms with E-state index >= 15 is 0 Å². The number of rotatable bonds is 6. The molecular formula is C17H34N2O2. The second-order valence-electron chi connectivity index (χ2n) is 7.26. The maximum absolute atomic E-state index is 5.98. The zero-order valence-corrected chi connectivity index (χ0v) is 14.6. The minimum absolute atomic E-state index is 0.202. The van der Waals surface area contributed by atoms with E-state index in [4.69, 9.17) is 9.47 Å². The largest absolute Gasteiger partial charge is 0.347 e. The Kier molecular flexibility index (Phi) is 5.69. The van der Waals surface area contributed by atoms with E-state index in [0.29, 0.717) is 12.1 Å². The predicted octanol–water partition coefficient (Wildman–Crippen LogP) is 2.77. The highest BCUT2D eigenvalue weighted by Gasteiger charge is 2.47. The van der Waals surface area contributed by atoms with E-state index in [1.807, 2.05) is 0 Å². The van der Waals surface area contributed by atoms with E-state index in [9.17, 15) is 0 Å². The molecule has 2 aliphatic rings. The van der Waals surface area contributed by atoms with Gasteiger partial charge >= 0.3 is 0 Å². The van der Waals surface area contributed by atoms with E-state index in [-0.39, 0.29) is 11.3 Å². The van der Waals surface area contributed by atoms with E-state index in [1.54, 1.807) is 0 Å². The van der Waals surface area contributed by atoms with E-state index in [0.717, 1.165) is 45.4 Å². The van der Waals surface area contributed by atoms with Crippen LogP contribution >= 0.6 is 0 Å². The molecule has 1 spiro atoms. The molecule has 1 N–H and O–H groups in total. The van der Waals surface area contributed by atoms with Crippen LogP contribution < -0.4 is 5.32 Å². The highest BCUT2D eigenvalue weighted by Crippen LogP contribution is 2.39. The molecule has 0 aromatic heterocycles. The molecule has 2 rings (SSSR count). The third-order valence-electron chi connectivity index (χ3n) is 5.61. The molecule has 4 heteroatoms. The molecule has 2 atom stereocenters. The maximum atomic E-state index is 5.98. The normalized spacial score (nSPS) is 29.4. The van der Waals surface area contributed by atoms with Gasteiger partial charge in [-0.15, -0.1) is 0 Å². The van der Waals surface area contributed by atoms with Crippen LogP contribution in [0.25, 0.3) is 0 Å². The molecule has 1 heterocycles. The molecule has 124 valence electrons. The number of ether oxygens (including phenoxy) is 2. The molecule has 0 bridgehead atoms. The van der Waals surface area contributed by atoms with Crippen LogP contribution in [0.15, 0.2) is 0 Å². The molecule has 1 aliphatic carbocycles. The molecule has 1 saturated carbocycles. The average molecular weight is 298 g/mol. The van der Waals surface area contributed by atoms with E-state index in [1.165, 1.54) is 6.42 Å². The van der Waals surface area contributed by atoms with Crippen LogP contribution in [0.2, 0.25) is 0 Å². The molecule has 4 nitrogen and oxygen atoms in total. The Morgan fingerprint density at radius 2 is 1.90 bits per heavy atom. The molecule has 0 aromatic carbocycles. The van der Waals surface area contributed by atoms with Crippen LogP contribution in [0.1, 0.15) is 59.8 Å². The summed E-state index contributed by atoms with van der Waals surface area (Å²) in [6.45, 7) is 11.8. The summed E-state index contributed by atoms with van der Waals surface area (Å²) in [6.07, 6.45) is 5.46. The summed E-state index contributed by atoms with van der Waals surface area (Å²) in [6, 6.07) is 1.01. The molecule has 2 unspecified atom stereocenters. The monoisotopic (exact) mass is 298 g/mol. The summed E-state index contributed by atoms with van der Waals surface area (Å²) in [5, 5.41) is 3.75. The number of likely N-dealkylation sites (N-methyl/N-ethyl adjacent to an activating group) is 1. The van der Waals surface area contributed by atoms with Gasteiger partial charge in [-0.05, 0) is 46.7 Å². The summed E-state index contributed by atoms with van der Waals surface area (Å²) in [5.41, 5.74) is 0.202. The summed E-state index contributed by atoms with van der Waals surface area (Å²) in [5.74, 6) is -0.312. The topological polar surface area (TPSA) is 33.7 Å². The zero-order valence-electron chi connectivity index (χ0n) is 14.6. The van der Waals surface area contributed by atoms with Crippen LogP contribution in [0.4, 0.5) is 0 Å². The lowest BCUT2D eigenvalue weighted by molar-refractivity contribution is -0.196. The Morgan fingerprint density at radius 1 is 1.24 bits per heavy atom. The van der Waals surface area contributed by atoms with Crippen molar-refractivity contribution in [3.05, 3.63) is 0 Å². The second kappa shape index (κ2) is 6.95. The fourth-order valence-electron chi connectivity index (χ4n) is 3.56. The Labute approximate surface area is 130 Å². The van der Waals surface area contributed by atoms with Crippen molar-refractivity contribution in [3.8, 4) is 0 Å². The van der Waals surface area contributed by atoms with Crippen molar-refractivity contribution >= 4 is 0 Å². The standard InChI is InChI=1S/C17H34N2O2/c1-6-10-18-14-8-9-17(20-11-12-21-17)13-15(14)19(5)16(3,4)7-2/h14-15,18H,6-13H2,1-5H3. The number of nitrogens with one attached hydrogen (secondary N) is 1. The molecule has 21 heavy (non-hydrogen) atoms. The van der Waals surface area contributed by atoms with Gasteiger partial charge < -0.3 is 14.8 Å². The summed E-state index contributed by atoms with van der Waals surface area (Å²) in [4.78, 5) is 2.55. The van der Waals surface area contributed by atoms with Crippen LogP contribution in [0.5, 0.6) is 0 Å². The van der Waals surface area contributed by atoms with Crippen molar-refractivity contribution in [1.82, 2.24) is 10.2 Å². The smallest absolute Gasteiger partial charge is 0.170 e. The van der Waals surface area contributed by atoms with Crippen molar-refractivity contribution in [3.63, 3.8) is 0 Å². The van der Waals surface area contributed by atoms with Crippen molar-refractivity contribution < 1.29 is 9.47 Å². The summed E-state index contributed by atoms with van der Waals surface area (Å²) in [7, 11) is 2.27. The number of nitrogens with zero attached hydrogens (tertiary/aromatic N) is 1. The Hall–Kier alpha value is -0.160. The first-order valence-corrected chi connectivity index (χ1v) is 8.68. The predicted molar refractivity (Wildman–Crippen MR) is 86.5 cm³/mol. The molecule has 0 aromatic rings. The van der Waals surface area contributed by atoms with E-state index in [2.05, 4.69) is 45.0 Å². The fourth-order valence-corrected chi connectivity index (χ4v) is 3.56. The quantitative estimate of drug-likeness (QED) is 0.817.